The summed E-state index contributed by atoms with van der Waals surface area (Å²) in [6.07, 6.45) is 0. The lowest BCUT2D eigenvalue weighted by Crippen LogP contribution is -1.92. The van der Waals surface area contributed by atoms with Crippen molar-refractivity contribution in [2.75, 3.05) is 0 Å². The fourth-order valence-electron chi connectivity index (χ4n) is 1.82. The van der Waals surface area contributed by atoms with E-state index >= 15 is 0 Å². The van der Waals surface area contributed by atoms with Gasteiger partial charge in [0.05, 0.1) is 13.2 Å². The molecule has 16 heavy (non-hydrogen) atoms. The average molecular weight is 234 g/mol. The van der Waals surface area contributed by atoms with Gasteiger partial charge in [-0.25, -0.2) is 0 Å². The number of rotatable bonds is 3. The molecule has 0 amide bonds. The fourth-order valence-corrected chi connectivity index (χ4v) is 3.00. The molecule has 0 saturated carbocycles. The first-order valence-electron chi connectivity index (χ1n) is 5.16. The van der Waals surface area contributed by atoms with Crippen LogP contribution >= 0.6 is 11.3 Å². The Kier molecular flexibility index (Phi) is 3.39. The third-order valence-corrected chi connectivity index (χ3v) is 3.91. The molecule has 0 atom stereocenters. The maximum Gasteiger partial charge on any atom is 0.0699 e. The number of thiophene rings is 1. The zero-order chi connectivity index (χ0) is 11.5. The van der Waals surface area contributed by atoms with Crippen molar-refractivity contribution in [1.82, 2.24) is 0 Å². The molecular weight excluding hydrogens is 220 g/mol. The van der Waals surface area contributed by atoms with Gasteiger partial charge >= 0.3 is 0 Å². The van der Waals surface area contributed by atoms with Crippen LogP contribution in [0.3, 0.4) is 0 Å². The van der Waals surface area contributed by atoms with Gasteiger partial charge in [0.2, 0.25) is 0 Å². The first-order valence-corrected chi connectivity index (χ1v) is 5.97. The molecule has 0 bridgehead atoms. The quantitative estimate of drug-likeness (QED) is 0.857. The van der Waals surface area contributed by atoms with Crippen LogP contribution in [0.1, 0.15) is 16.0 Å². The molecule has 0 unspecified atom stereocenters. The minimum Gasteiger partial charge on any atom is -0.392 e. The summed E-state index contributed by atoms with van der Waals surface area (Å²) >= 11 is 1.62. The topological polar surface area (TPSA) is 40.5 Å². The van der Waals surface area contributed by atoms with E-state index in [0.29, 0.717) is 0 Å². The van der Waals surface area contributed by atoms with Gasteiger partial charge in [-0.15, -0.1) is 11.3 Å². The second kappa shape index (κ2) is 4.78. The summed E-state index contributed by atoms with van der Waals surface area (Å²) in [4.78, 5) is 2.13. The normalized spacial score (nSPS) is 10.7. The average Bonchev–Trinajstić information content (AvgIpc) is 2.66. The SMILES string of the molecule is Cc1sc(-c2ccccc2)c(CO)c1CO. The predicted octanol–water partition coefficient (Wildman–Crippen LogP) is 2.71. The van der Waals surface area contributed by atoms with E-state index in [2.05, 4.69) is 0 Å². The minimum atomic E-state index is -0.0234. The van der Waals surface area contributed by atoms with E-state index in [0.717, 1.165) is 26.4 Å². The van der Waals surface area contributed by atoms with Crippen molar-refractivity contribution >= 4 is 11.3 Å². The number of aliphatic hydroxyl groups excluding tert-OH is 2. The monoisotopic (exact) mass is 234 g/mol. The van der Waals surface area contributed by atoms with Gasteiger partial charge in [0, 0.05) is 15.3 Å². The number of aryl methyl sites for hydroxylation is 1. The van der Waals surface area contributed by atoms with E-state index in [9.17, 15) is 10.2 Å². The smallest absolute Gasteiger partial charge is 0.0699 e. The zero-order valence-corrected chi connectivity index (χ0v) is 9.92. The lowest BCUT2D eigenvalue weighted by atomic mass is 10.1. The van der Waals surface area contributed by atoms with Gasteiger partial charge in [0.15, 0.2) is 0 Å². The highest BCUT2D eigenvalue weighted by molar-refractivity contribution is 7.15. The van der Waals surface area contributed by atoms with Crippen LogP contribution in [0.5, 0.6) is 0 Å². The van der Waals surface area contributed by atoms with Crippen molar-refractivity contribution < 1.29 is 10.2 Å². The molecule has 0 fully saturated rings. The maximum absolute atomic E-state index is 9.40. The fraction of sp³-hybridized carbons (Fsp3) is 0.231. The molecule has 2 rings (SSSR count). The van der Waals surface area contributed by atoms with Gasteiger partial charge in [-0.1, -0.05) is 30.3 Å². The number of aliphatic hydroxyl groups is 2. The van der Waals surface area contributed by atoms with Gasteiger partial charge in [-0.05, 0) is 18.1 Å². The summed E-state index contributed by atoms with van der Waals surface area (Å²) in [6.45, 7) is 1.94. The van der Waals surface area contributed by atoms with Gasteiger partial charge in [0.1, 0.15) is 0 Å². The molecule has 1 aromatic heterocycles. The van der Waals surface area contributed by atoms with E-state index in [1.807, 2.05) is 37.3 Å². The Morgan fingerprint density at radius 2 is 1.62 bits per heavy atom. The Bertz CT molecular complexity index is 474. The maximum atomic E-state index is 9.40. The highest BCUT2D eigenvalue weighted by Crippen LogP contribution is 2.36. The van der Waals surface area contributed by atoms with Crippen LogP contribution in [0.25, 0.3) is 10.4 Å². The van der Waals surface area contributed by atoms with Crippen LogP contribution in [0, 0.1) is 6.92 Å². The van der Waals surface area contributed by atoms with E-state index in [4.69, 9.17) is 0 Å². The van der Waals surface area contributed by atoms with Crippen molar-refractivity contribution in [3.8, 4) is 10.4 Å². The van der Waals surface area contributed by atoms with Crippen molar-refractivity contribution in [1.29, 1.82) is 0 Å². The molecule has 0 spiro atoms. The Hall–Kier alpha value is -1.16. The van der Waals surface area contributed by atoms with Crippen molar-refractivity contribution in [2.45, 2.75) is 20.1 Å². The molecule has 0 aliphatic heterocycles. The Labute approximate surface area is 98.8 Å². The van der Waals surface area contributed by atoms with Crippen LogP contribution in [-0.2, 0) is 13.2 Å². The Morgan fingerprint density at radius 3 is 2.19 bits per heavy atom. The van der Waals surface area contributed by atoms with Crippen molar-refractivity contribution in [3.05, 3.63) is 46.3 Å². The van der Waals surface area contributed by atoms with Gasteiger partial charge < -0.3 is 10.2 Å². The molecule has 84 valence electrons. The molecule has 2 aromatic rings. The zero-order valence-electron chi connectivity index (χ0n) is 9.10. The summed E-state index contributed by atoms with van der Waals surface area (Å²) < 4.78 is 0. The van der Waals surface area contributed by atoms with Gasteiger partial charge in [-0.3, -0.25) is 0 Å². The lowest BCUT2D eigenvalue weighted by Gasteiger charge is -2.03. The molecule has 2 nitrogen and oxygen atoms in total. The van der Waals surface area contributed by atoms with E-state index in [-0.39, 0.29) is 13.2 Å². The van der Waals surface area contributed by atoms with Crippen LogP contribution < -0.4 is 0 Å². The van der Waals surface area contributed by atoms with E-state index in [1.54, 1.807) is 11.3 Å². The molecule has 0 aliphatic rings. The lowest BCUT2D eigenvalue weighted by molar-refractivity contribution is 0.261. The third-order valence-electron chi connectivity index (χ3n) is 2.67. The number of hydrogen-bond acceptors (Lipinski definition) is 3. The van der Waals surface area contributed by atoms with Crippen LogP contribution in [-0.4, -0.2) is 10.2 Å². The third kappa shape index (κ3) is 1.89. The predicted molar refractivity (Wildman–Crippen MR) is 66.3 cm³/mol. The molecule has 0 saturated heterocycles. The molecule has 0 radical (unpaired) electrons. The second-order valence-electron chi connectivity index (χ2n) is 3.63. The molecule has 2 N–H and O–H groups in total. The van der Waals surface area contributed by atoms with Crippen LogP contribution in [0.15, 0.2) is 30.3 Å². The first-order chi connectivity index (χ1) is 7.77. The number of hydrogen-bond donors (Lipinski definition) is 2. The standard InChI is InChI=1S/C13H14O2S/c1-9-11(7-14)12(8-15)13(16-9)10-5-3-2-4-6-10/h2-6,14-15H,7-8H2,1H3. The van der Waals surface area contributed by atoms with Gasteiger partial charge in [-0.2, -0.15) is 0 Å². The molecule has 3 heteroatoms. The summed E-state index contributed by atoms with van der Waals surface area (Å²) in [5.41, 5.74) is 2.82. The molecular formula is C13H14O2S. The van der Waals surface area contributed by atoms with Crippen molar-refractivity contribution in [2.24, 2.45) is 0 Å². The summed E-state index contributed by atoms with van der Waals surface area (Å²) in [6, 6.07) is 9.96. The summed E-state index contributed by atoms with van der Waals surface area (Å²) in [5, 5.41) is 18.7. The van der Waals surface area contributed by atoms with Crippen LogP contribution in [0.4, 0.5) is 0 Å². The van der Waals surface area contributed by atoms with Crippen LogP contribution in [0.2, 0.25) is 0 Å². The summed E-state index contributed by atoms with van der Waals surface area (Å²) in [7, 11) is 0. The summed E-state index contributed by atoms with van der Waals surface area (Å²) in [5.74, 6) is 0. The number of benzene rings is 1. The Morgan fingerprint density at radius 1 is 1.00 bits per heavy atom. The Balaban J connectivity index is 2.57. The van der Waals surface area contributed by atoms with Gasteiger partial charge in [0.25, 0.3) is 0 Å². The minimum absolute atomic E-state index is 0.00887. The van der Waals surface area contributed by atoms with E-state index < -0.39 is 0 Å². The highest BCUT2D eigenvalue weighted by Gasteiger charge is 2.15. The molecule has 1 heterocycles. The van der Waals surface area contributed by atoms with Crippen molar-refractivity contribution in [3.63, 3.8) is 0 Å². The van der Waals surface area contributed by atoms with E-state index in [1.165, 1.54) is 0 Å². The second-order valence-corrected chi connectivity index (χ2v) is 4.85. The first kappa shape index (κ1) is 11.3. The highest BCUT2D eigenvalue weighted by atomic mass is 32.1. The molecule has 1 aromatic carbocycles. The molecule has 0 aliphatic carbocycles. The largest absolute Gasteiger partial charge is 0.392 e.